The highest BCUT2D eigenvalue weighted by molar-refractivity contribution is 6.39. The minimum absolute atomic E-state index is 0.0413. The van der Waals surface area contributed by atoms with Gasteiger partial charge in [-0.1, -0.05) is 29.3 Å². The Hall–Kier alpha value is -2.42. The number of aryl methyl sites for hydroxylation is 2. The van der Waals surface area contributed by atoms with Crippen LogP contribution in [0.4, 0.5) is 5.82 Å². The molecule has 0 radical (unpaired) electrons. The summed E-state index contributed by atoms with van der Waals surface area (Å²) in [5, 5.41) is 15.8. The van der Waals surface area contributed by atoms with E-state index in [1.807, 2.05) is 0 Å². The van der Waals surface area contributed by atoms with Crippen molar-refractivity contribution in [3.05, 3.63) is 51.4 Å². The van der Waals surface area contributed by atoms with E-state index in [1.165, 1.54) is 18.0 Å². The molecule has 10 heteroatoms. The monoisotopic (exact) mass is 519 g/mol. The van der Waals surface area contributed by atoms with Crippen molar-refractivity contribution >= 4 is 40.9 Å². The molecule has 0 saturated heterocycles. The van der Waals surface area contributed by atoms with E-state index in [-0.39, 0.29) is 15.6 Å². The van der Waals surface area contributed by atoms with Gasteiger partial charge in [0.15, 0.2) is 0 Å². The molecule has 2 aromatic heterocycles. The normalized spacial score (nSPS) is 15.9. The predicted molar refractivity (Wildman–Crippen MR) is 136 cm³/mol. The summed E-state index contributed by atoms with van der Waals surface area (Å²) >= 11 is 12.1. The molecule has 1 amide bonds. The minimum atomic E-state index is -1.08. The molecule has 0 spiro atoms. The van der Waals surface area contributed by atoms with Gasteiger partial charge in [0.05, 0.1) is 15.6 Å². The Morgan fingerprint density at radius 1 is 1.17 bits per heavy atom. The van der Waals surface area contributed by atoms with Crippen LogP contribution in [0.1, 0.15) is 60.1 Å². The number of carboxylic acids is 1. The molecule has 188 valence electrons. The van der Waals surface area contributed by atoms with Crippen molar-refractivity contribution in [1.29, 1.82) is 0 Å². The van der Waals surface area contributed by atoms with Crippen LogP contribution in [0.5, 0.6) is 0 Å². The van der Waals surface area contributed by atoms with E-state index in [0.29, 0.717) is 19.0 Å². The van der Waals surface area contributed by atoms with Crippen LogP contribution in [-0.4, -0.2) is 63.6 Å². The van der Waals surface area contributed by atoms with Crippen molar-refractivity contribution < 1.29 is 14.7 Å². The zero-order valence-electron chi connectivity index (χ0n) is 19.6. The first kappa shape index (κ1) is 25.7. The number of carbonyl (C=O) groups is 2. The number of nitrogens with one attached hydrogen (secondary N) is 2. The van der Waals surface area contributed by atoms with Gasteiger partial charge in [-0.2, -0.15) is 0 Å². The molecule has 35 heavy (non-hydrogen) atoms. The average Bonchev–Trinajstić information content (AvgIpc) is 3.68. The molecule has 1 saturated carbocycles. The third kappa shape index (κ3) is 7.06. The van der Waals surface area contributed by atoms with Crippen molar-refractivity contribution in [2.45, 2.75) is 63.5 Å². The van der Waals surface area contributed by atoms with E-state index in [9.17, 15) is 14.7 Å². The number of halogens is 2. The van der Waals surface area contributed by atoms with Gasteiger partial charge in [0.1, 0.15) is 11.9 Å². The molecule has 3 N–H and O–H groups in total. The first-order valence-corrected chi connectivity index (χ1v) is 13.0. The number of anilines is 1. The predicted octanol–water partition coefficient (Wildman–Crippen LogP) is 4.20. The minimum Gasteiger partial charge on any atom is -0.480 e. The smallest absolute Gasteiger partial charge is 0.326 e. The van der Waals surface area contributed by atoms with Crippen LogP contribution in [0.2, 0.25) is 10.0 Å². The third-order valence-electron chi connectivity index (χ3n) is 6.53. The van der Waals surface area contributed by atoms with E-state index in [4.69, 9.17) is 28.2 Å². The summed E-state index contributed by atoms with van der Waals surface area (Å²) in [6.45, 7) is 2.48. The molecule has 0 aromatic carbocycles. The Morgan fingerprint density at radius 3 is 2.66 bits per heavy atom. The van der Waals surface area contributed by atoms with Gasteiger partial charge in [0, 0.05) is 37.2 Å². The van der Waals surface area contributed by atoms with Crippen LogP contribution in [0.15, 0.2) is 24.5 Å². The lowest BCUT2D eigenvalue weighted by molar-refractivity contribution is -0.139. The van der Waals surface area contributed by atoms with Crippen LogP contribution in [0, 0.1) is 0 Å². The molecular formula is C25H31Cl2N5O3. The number of aromatic nitrogens is 2. The maximum Gasteiger partial charge on any atom is 0.326 e. The summed E-state index contributed by atoms with van der Waals surface area (Å²) in [6, 6.07) is 3.78. The van der Waals surface area contributed by atoms with E-state index < -0.39 is 17.9 Å². The number of carboxylic acid groups (broad SMARTS) is 1. The van der Waals surface area contributed by atoms with Gasteiger partial charge in [-0.05, 0) is 69.5 Å². The zero-order chi connectivity index (χ0) is 24.8. The first-order chi connectivity index (χ1) is 16.9. The summed E-state index contributed by atoms with van der Waals surface area (Å²) in [5.41, 5.74) is 2.45. The number of pyridine rings is 2. The fourth-order valence-corrected chi connectivity index (χ4v) is 4.99. The Kier molecular flexibility index (Phi) is 8.81. The van der Waals surface area contributed by atoms with Crippen molar-refractivity contribution in [2.75, 3.05) is 25.0 Å². The number of hydrogen-bond donors (Lipinski definition) is 3. The topological polar surface area (TPSA) is 107 Å². The lowest BCUT2D eigenvalue weighted by Crippen LogP contribution is -2.43. The van der Waals surface area contributed by atoms with Crippen LogP contribution in [-0.2, 0) is 17.6 Å². The van der Waals surface area contributed by atoms with Gasteiger partial charge in [-0.25, -0.2) is 9.78 Å². The molecule has 3 heterocycles. The van der Waals surface area contributed by atoms with Crippen LogP contribution in [0.25, 0.3) is 0 Å². The molecular weight excluding hydrogens is 489 g/mol. The second-order valence-corrected chi connectivity index (χ2v) is 10.0. The number of rotatable bonds is 12. The van der Waals surface area contributed by atoms with E-state index in [0.717, 1.165) is 69.5 Å². The number of unbranched alkanes of at least 4 members (excludes halogenated alkanes) is 1. The zero-order valence-corrected chi connectivity index (χ0v) is 21.1. The molecule has 8 nitrogen and oxygen atoms in total. The number of aliphatic carboxylic acids is 1. The van der Waals surface area contributed by atoms with Gasteiger partial charge in [-0.3, -0.25) is 9.78 Å². The first-order valence-electron chi connectivity index (χ1n) is 12.2. The Labute approximate surface area is 215 Å². The maximum absolute atomic E-state index is 12.6. The van der Waals surface area contributed by atoms with Crippen molar-refractivity contribution in [3.8, 4) is 0 Å². The Morgan fingerprint density at radius 2 is 1.94 bits per heavy atom. The summed E-state index contributed by atoms with van der Waals surface area (Å²) in [5.74, 6) is -0.660. The SMILES string of the molecule is O=C(NC(CCN(CCCCc1ccc2c(n1)NCCC2)C1CC1)C(=O)O)c1c(Cl)cncc1Cl. The lowest BCUT2D eigenvalue weighted by atomic mass is 10.1. The molecule has 1 unspecified atom stereocenters. The summed E-state index contributed by atoms with van der Waals surface area (Å²) in [6.07, 6.45) is 10.4. The van der Waals surface area contributed by atoms with Crippen molar-refractivity contribution in [2.24, 2.45) is 0 Å². The van der Waals surface area contributed by atoms with Gasteiger partial charge < -0.3 is 20.6 Å². The molecule has 0 bridgehead atoms. The van der Waals surface area contributed by atoms with Gasteiger partial charge >= 0.3 is 5.97 Å². The number of nitrogens with zero attached hydrogens (tertiary/aromatic N) is 3. The van der Waals surface area contributed by atoms with E-state index >= 15 is 0 Å². The van der Waals surface area contributed by atoms with Gasteiger partial charge in [0.2, 0.25) is 0 Å². The number of carbonyl (C=O) groups excluding carboxylic acids is 1. The Bertz CT molecular complexity index is 1040. The van der Waals surface area contributed by atoms with E-state index in [1.54, 1.807) is 0 Å². The second-order valence-electron chi connectivity index (χ2n) is 9.20. The summed E-state index contributed by atoms with van der Waals surface area (Å²) in [4.78, 5) is 35.4. The standard InChI is InChI=1S/C25H31Cl2N5O3/c26-19-14-28-15-20(27)22(19)24(33)31-21(25(34)35)10-13-32(18-8-9-18)12-2-1-5-17-7-6-16-4-3-11-29-23(16)30-17/h6-7,14-15,18,21H,1-5,8-13H2,(H,29,30)(H,31,33)(H,34,35). The molecule has 1 aliphatic heterocycles. The lowest BCUT2D eigenvalue weighted by Gasteiger charge is -2.24. The highest BCUT2D eigenvalue weighted by atomic mass is 35.5. The van der Waals surface area contributed by atoms with Gasteiger partial charge in [-0.15, -0.1) is 0 Å². The molecule has 4 rings (SSSR count). The van der Waals surface area contributed by atoms with Crippen molar-refractivity contribution in [1.82, 2.24) is 20.2 Å². The molecule has 1 fully saturated rings. The molecule has 2 aliphatic rings. The highest BCUT2D eigenvalue weighted by Gasteiger charge is 2.30. The fourth-order valence-electron chi connectivity index (χ4n) is 4.46. The van der Waals surface area contributed by atoms with Crippen LogP contribution >= 0.6 is 23.2 Å². The summed E-state index contributed by atoms with van der Waals surface area (Å²) in [7, 11) is 0. The van der Waals surface area contributed by atoms with Gasteiger partial charge in [0.25, 0.3) is 5.91 Å². The Balaban J connectivity index is 1.26. The largest absolute Gasteiger partial charge is 0.480 e. The number of fused-ring (bicyclic) bond motifs is 1. The number of hydrogen-bond acceptors (Lipinski definition) is 6. The molecule has 2 aromatic rings. The quantitative estimate of drug-likeness (QED) is 0.360. The molecule has 1 atom stereocenters. The summed E-state index contributed by atoms with van der Waals surface area (Å²) < 4.78 is 0. The van der Waals surface area contributed by atoms with Crippen LogP contribution in [0.3, 0.4) is 0 Å². The van der Waals surface area contributed by atoms with E-state index in [2.05, 4.69) is 32.7 Å². The third-order valence-corrected chi connectivity index (χ3v) is 7.11. The number of amides is 1. The van der Waals surface area contributed by atoms with Crippen molar-refractivity contribution in [3.63, 3.8) is 0 Å². The average molecular weight is 520 g/mol. The van der Waals surface area contributed by atoms with Crippen LogP contribution < -0.4 is 10.6 Å². The highest BCUT2D eigenvalue weighted by Crippen LogP contribution is 2.28. The molecule has 1 aliphatic carbocycles. The maximum atomic E-state index is 12.6. The fraction of sp³-hybridized carbons (Fsp3) is 0.520. The second kappa shape index (κ2) is 12.0.